The van der Waals surface area contributed by atoms with E-state index in [1.54, 1.807) is 37.1 Å². The van der Waals surface area contributed by atoms with Gasteiger partial charge in [-0.2, -0.15) is 0 Å². The highest BCUT2D eigenvalue weighted by Crippen LogP contribution is 2.29. The molecule has 170 valence electrons. The van der Waals surface area contributed by atoms with E-state index in [4.69, 9.17) is 4.42 Å². The maximum Gasteiger partial charge on any atom is 0.312 e. The van der Waals surface area contributed by atoms with Gasteiger partial charge in [-0.05, 0) is 26.0 Å². The van der Waals surface area contributed by atoms with Gasteiger partial charge < -0.3 is 19.5 Å². The number of hydrogen-bond acceptors (Lipinski definition) is 5. The second-order valence-corrected chi connectivity index (χ2v) is 8.15. The maximum atomic E-state index is 13.3. The van der Waals surface area contributed by atoms with Crippen molar-refractivity contribution in [2.24, 2.45) is 0 Å². The molecule has 8 heteroatoms. The molecule has 0 aliphatic carbocycles. The predicted octanol–water partition coefficient (Wildman–Crippen LogP) is 2.82. The minimum Gasteiger partial charge on any atom is -0.436 e. The van der Waals surface area contributed by atoms with Crippen molar-refractivity contribution in [1.29, 1.82) is 0 Å². The lowest BCUT2D eigenvalue weighted by molar-refractivity contribution is -0.147. The van der Waals surface area contributed by atoms with E-state index in [0.29, 0.717) is 49.0 Å². The second kappa shape index (κ2) is 9.68. The van der Waals surface area contributed by atoms with Crippen LogP contribution in [0.25, 0.3) is 22.8 Å². The third kappa shape index (κ3) is 4.95. The van der Waals surface area contributed by atoms with Crippen molar-refractivity contribution >= 4 is 17.7 Å². The molecule has 33 heavy (non-hydrogen) atoms. The van der Waals surface area contributed by atoms with Crippen molar-refractivity contribution in [3.63, 3.8) is 0 Å². The molecule has 4 rings (SSSR count). The fourth-order valence-corrected chi connectivity index (χ4v) is 3.74. The summed E-state index contributed by atoms with van der Waals surface area (Å²) in [7, 11) is 0. The number of carbonyl (C=O) groups is 3. The van der Waals surface area contributed by atoms with Crippen LogP contribution in [0.15, 0.2) is 65.2 Å². The van der Waals surface area contributed by atoms with Gasteiger partial charge in [-0.15, -0.1) is 0 Å². The second-order valence-electron chi connectivity index (χ2n) is 8.15. The Morgan fingerprint density at radius 1 is 0.909 bits per heavy atom. The minimum absolute atomic E-state index is 0.113. The van der Waals surface area contributed by atoms with Gasteiger partial charge in [0.05, 0.1) is 11.8 Å². The number of piperazine rings is 1. The summed E-state index contributed by atoms with van der Waals surface area (Å²) in [6, 6.07) is 16.7. The summed E-state index contributed by atoms with van der Waals surface area (Å²) >= 11 is 0. The molecule has 2 heterocycles. The van der Waals surface area contributed by atoms with E-state index in [2.05, 4.69) is 10.3 Å². The van der Waals surface area contributed by atoms with Gasteiger partial charge >= 0.3 is 11.8 Å². The van der Waals surface area contributed by atoms with Gasteiger partial charge in [0.2, 0.25) is 5.89 Å². The zero-order valence-electron chi connectivity index (χ0n) is 18.7. The van der Waals surface area contributed by atoms with E-state index < -0.39 is 11.8 Å². The van der Waals surface area contributed by atoms with Gasteiger partial charge in [-0.3, -0.25) is 14.4 Å². The van der Waals surface area contributed by atoms with Crippen LogP contribution in [0.4, 0.5) is 0 Å². The van der Waals surface area contributed by atoms with Crippen LogP contribution in [0, 0.1) is 0 Å². The first-order valence-electron chi connectivity index (χ1n) is 10.9. The van der Waals surface area contributed by atoms with Crippen molar-refractivity contribution in [2.75, 3.05) is 26.2 Å². The Kier molecular flexibility index (Phi) is 6.53. The van der Waals surface area contributed by atoms with Crippen LogP contribution < -0.4 is 5.32 Å². The summed E-state index contributed by atoms with van der Waals surface area (Å²) in [6.07, 6.45) is 1.65. The first-order chi connectivity index (χ1) is 15.9. The Morgan fingerprint density at radius 2 is 1.55 bits per heavy atom. The molecule has 1 N–H and O–H groups in total. The minimum atomic E-state index is -0.617. The number of aromatic nitrogens is 1. The molecular formula is C25H26N4O4. The van der Waals surface area contributed by atoms with Gasteiger partial charge in [-0.1, -0.05) is 42.5 Å². The first-order valence-corrected chi connectivity index (χ1v) is 10.9. The predicted molar refractivity (Wildman–Crippen MR) is 123 cm³/mol. The summed E-state index contributed by atoms with van der Waals surface area (Å²) in [5.74, 6) is -0.349. The molecule has 0 atom stereocenters. The number of hydrogen-bond donors (Lipinski definition) is 1. The Bertz CT molecular complexity index is 1150. The average molecular weight is 447 g/mol. The summed E-state index contributed by atoms with van der Waals surface area (Å²) in [5.41, 5.74) is 2.00. The molecular weight excluding hydrogens is 420 g/mol. The zero-order valence-corrected chi connectivity index (χ0v) is 18.7. The van der Waals surface area contributed by atoms with Crippen molar-refractivity contribution in [3.05, 3.63) is 66.4 Å². The highest BCUT2D eigenvalue weighted by atomic mass is 16.4. The number of benzene rings is 2. The Labute approximate surface area is 192 Å². The van der Waals surface area contributed by atoms with Gasteiger partial charge in [0.15, 0.2) is 5.76 Å². The Hall–Kier alpha value is -3.94. The van der Waals surface area contributed by atoms with E-state index in [0.717, 1.165) is 5.56 Å². The van der Waals surface area contributed by atoms with Crippen LogP contribution in [0.3, 0.4) is 0 Å². The quantitative estimate of drug-likeness (QED) is 0.622. The van der Waals surface area contributed by atoms with Crippen molar-refractivity contribution < 1.29 is 18.8 Å². The molecule has 1 fully saturated rings. The van der Waals surface area contributed by atoms with Crippen molar-refractivity contribution in [2.45, 2.75) is 19.9 Å². The molecule has 8 nitrogen and oxygen atoms in total. The van der Waals surface area contributed by atoms with Crippen LogP contribution in [-0.2, 0) is 9.59 Å². The molecule has 0 saturated carbocycles. The zero-order chi connectivity index (χ0) is 23.4. The van der Waals surface area contributed by atoms with E-state index in [9.17, 15) is 14.4 Å². The lowest BCUT2D eigenvalue weighted by Gasteiger charge is -2.34. The summed E-state index contributed by atoms with van der Waals surface area (Å²) in [4.78, 5) is 45.2. The summed E-state index contributed by atoms with van der Waals surface area (Å²) in [6.45, 7) is 4.89. The molecule has 1 saturated heterocycles. The van der Waals surface area contributed by atoms with Gasteiger partial charge in [0, 0.05) is 43.3 Å². The standard InChI is InChI=1S/C25H26N4O4/c1-17(2)27-22(30)25(32)29-14-12-28(13-15-29)24(31)20-11-7-6-10-19(20)23-26-16-21(33-23)18-8-4-3-5-9-18/h3-11,16-17H,12-15H2,1-2H3,(H,27,30). The summed E-state index contributed by atoms with van der Waals surface area (Å²) in [5, 5.41) is 2.61. The van der Waals surface area contributed by atoms with Gasteiger partial charge in [0.25, 0.3) is 5.91 Å². The Morgan fingerprint density at radius 3 is 2.24 bits per heavy atom. The highest BCUT2D eigenvalue weighted by molar-refractivity contribution is 6.35. The van der Waals surface area contributed by atoms with Crippen LogP contribution in [0.1, 0.15) is 24.2 Å². The maximum absolute atomic E-state index is 13.3. The molecule has 2 aromatic carbocycles. The number of nitrogens with zero attached hydrogens (tertiary/aromatic N) is 3. The normalized spacial score (nSPS) is 13.8. The van der Waals surface area contributed by atoms with Gasteiger partial charge in [0.1, 0.15) is 0 Å². The smallest absolute Gasteiger partial charge is 0.312 e. The monoisotopic (exact) mass is 446 g/mol. The van der Waals surface area contributed by atoms with E-state index in [1.807, 2.05) is 42.5 Å². The number of amides is 3. The van der Waals surface area contributed by atoms with E-state index >= 15 is 0 Å². The molecule has 1 aliphatic rings. The molecule has 1 aliphatic heterocycles. The van der Waals surface area contributed by atoms with Crippen molar-refractivity contribution in [1.82, 2.24) is 20.1 Å². The van der Waals surface area contributed by atoms with Crippen LogP contribution in [0.5, 0.6) is 0 Å². The van der Waals surface area contributed by atoms with Gasteiger partial charge in [-0.25, -0.2) is 4.98 Å². The average Bonchev–Trinajstić information content (AvgIpc) is 3.34. The lowest BCUT2D eigenvalue weighted by Crippen LogP contribution is -2.54. The molecule has 0 bridgehead atoms. The largest absolute Gasteiger partial charge is 0.436 e. The number of rotatable bonds is 4. The third-order valence-corrected chi connectivity index (χ3v) is 5.42. The van der Waals surface area contributed by atoms with Crippen molar-refractivity contribution in [3.8, 4) is 22.8 Å². The van der Waals surface area contributed by atoms with E-state index in [-0.39, 0.29) is 11.9 Å². The Balaban J connectivity index is 1.47. The highest BCUT2D eigenvalue weighted by Gasteiger charge is 2.29. The lowest BCUT2D eigenvalue weighted by atomic mass is 10.1. The van der Waals surface area contributed by atoms with Crippen LogP contribution in [-0.4, -0.2) is 64.7 Å². The number of nitrogens with one attached hydrogen (secondary N) is 1. The molecule has 1 aromatic heterocycles. The van der Waals surface area contributed by atoms with Crippen LogP contribution >= 0.6 is 0 Å². The van der Waals surface area contributed by atoms with Crippen LogP contribution in [0.2, 0.25) is 0 Å². The first kappa shape index (κ1) is 22.3. The topological polar surface area (TPSA) is 95.8 Å². The number of oxazole rings is 1. The fourth-order valence-electron chi connectivity index (χ4n) is 3.74. The SMILES string of the molecule is CC(C)NC(=O)C(=O)N1CCN(C(=O)c2ccccc2-c2ncc(-c3ccccc3)o2)CC1. The molecule has 3 aromatic rings. The molecule has 0 radical (unpaired) electrons. The molecule has 0 spiro atoms. The summed E-state index contributed by atoms with van der Waals surface area (Å²) < 4.78 is 5.96. The molecule has 0 unspecified atom stereocenters. The fraction of sp³-hybridized carbons (Fsp3) is 0.280. The van der Waals surface area contributed by atoms with E-state index in [1.165, 1.54) is 4.90 Å². The third-order valence-electron chi connectivity index (χ3n) is 5.42. The molecule has 3 amide bonds. The number of carbonyl (C=O) groups excluding carboxylic acids is 3.